The fourth-order valence-electron chi connectivity index (χ4n) is 1.46. The standard InChI is InChI=1S/C8H14O2.C3H6O2.2C2H6/c1-2-4-7(3-1)9-5-8-6-10-8;1-3(4)5-2;2*1-2/h7-8H,1-6H2;1-2H3;2*1-2H3. The summed E-state index contributed by atoms with van der Waals surface area (Å²) in [5.41, 5.74) is 0. The van der Waals surface area contributed by atoms with Gasteiger partial charge in [-0.05, 0) is 12.8 Å². The number of ether oxygens (including phenoxy) is 3. The van der Waals surface area contributed by atoms with Crippen LogP contribution in [-0.4, -0.2) is 38.5 Å². The minimum atomic E-state index is -0.245. The molecule has 0 amide bonds. The highest BCUT2D eigenvalue weighted by molar-refractivity contribution is 5.65. The Morgan fingerprint density at radius 1 is 1.16 bits per heavy atom. The minimum absolute atomic E-state index is 0.245. The first-order chi connectivity index (χ1) is 9.22. The number of hydrogen-bond donors (Lipinski definition) is 0. The zero-order valence-electron chi connectivity index (χ0n) is 13.5. The third kappa shape index (κ3) is 15.3. The molecule has 2 fully saturated rings. The number of esters is 1. The van der Waals surface area contributed by atoms with Gasteiger partial charge in [-0.1, -0.05) is 40.5 Å². The van der Waals surface area contributed by atoms with Gasteiger partial charge < -0.3 is 14.2 Å². The highest BCUT2D eigenvalue weighted by atomic mass is 16.6. The zero-order valence-corrected chi connectivity index (χ0v) is 13.5. The van der Waals surface area contributed by atoms with Crippen LogP contribution in [-0.2, 0) is 19.0 Å². The van der Waals surface area contributed by atoms with Gasteiger partial charge in [0.15, 0.2) is 0 Å². The Bertz CT molecular complexity index is 185. The second-order valence-corrected chi connectivity index (χ2v) is 3.89. The molecule has 0 N–H and O–H groups in total. The lowest BCUT2D eigenvalue weighted by Crippen LogP contribution is -2.11. The first kappa shape index (κ1) is 20.7. The molecule has 2 rings (SSSR count). The van der Waals surface area contributed by atoms with E-state index in [-0.39, 0.29) is 5.97 Å². The molecule has 1 aliphatic carbocycles. The van der Waals surface area contributed by atoms with Gasteiger partial charge in [-0.25, -0.2) is 0 Å². The Labute approximate surface area is 118 Å². The van der Waals surface area contributed by atoms with Gasteiger partial charge in [0.05, 0.1) is 26.4 Å². The van der Waals surface area contributed by atoms with Crippen molar-refractivity contribution in [2.24, 2.45) is 0 Å². The lowest BCUT2D eigenvalue weighted by molar-refractivity contribution is -0.137. The quantitative estimate of drug-likeness (QED) is 0.584. The van der Waals surface area contributed by atoms with Crippen molar-refractivity contribution in [1.82, 2.24) is 0 Å². The molecule has 1 atom stereocenters. The van der Waals surface area contributed by atoms with Crippen LogP contribution < -0.4 is 0 Å². The van der Waals surface area contributed by atoms with Crippen molar-refractivity contribution >= 4 is 5.97 Å². The molecule has 0 aromatic rings. The molecule has 1 saturated carbocycles. The molecule has 0 bridgehead atoms. The molecule has 0 radical (unpaired) electrons. The summed E-state index contributed by atoms with van der Waals surface area (Å²) in [6.45, 7) is 11.1. The molecule has 1 heterocycles. The molecular weight excluding hydrogens is 244 g/mol. The van der Waals surface area contributed by atoms with E-state index in [0.29, 0.717) is 12.2 Å². The number of epoxide rings is 1. The predicted octanol–water partition coefficient (Wildman–Crippen LogP) is 3.58. The fraction of sp³-hybridized carbons (Fsp3) is 0.933. The third-order valence-corrected chi connectivity index (χ3v) is 2.51. The van der Waals surface area contributed by atoms with Crippen LogP contribution in [0.3, 0.4) is 0 Å². The van der Waals surface area contributed by atoms with Crippen molar-refractivity contribution in [2.45, 2.75) is 72.5 Å². The molecule has 4 nitrogen and oxygen atoms in total. The maximum Gasteiger partial charge on any atom is 0.302 e. The predicted molar refractivity (Wildman–Crippen MR) is 78.3 cm³/mol. The smallest absolute Gasteiger partial charge is 0.302 e. The first-order valence-electron chi connectivity index (χ1n) is 7.50. The van der Waals surface area contributed by atoms with Crippen molar-refractivity contribution < 1.29 is 19.0 Å². The van der Waals surface area contributed by atoms with Crippen LogP contribution in [0, 0.1) is 0 Å². The first-order valence-corrected chi connectivity index (χ1v) is 7.50. The van der Waals surface area contributed by atoms with Crippen LogP contribution >= 0.6 is 0 Å². The van der Waals surface area contributed by atoms with Crippen molar-refractivity contribution in [3.8, 4) is 0 Å². The number of rotatable bonds is 3. The summed E-state index contributed by atoms with van der Waals surface area (Å²) in [6.07, 6.45) is 6.26. The second kappa shape index (κ2) is 15.4. The van der Waals surface area contributed by atoms with Gasteiger partial charge in [-0.2, -0.15) is 0 Å². The van der Waals surface area contributed by atoms with Crippen LogP contribution in [0.2, 0.25) is 0 Å². The van der Waals surface area contributed by atoms with E-state index < -0.39 is 0 Å². The van der Waals surface area contributed by atoms with Crippen LogP contribution in [0.5, 0.6) is 0 Å². The Hall–Kier alpha value is -0.610. The lowest BCUT2D eigenvalue weighted by atomic mass is 10.3. The van der Waals surface area contributed by atoms with E-state index in [1.807, 2.05) is 27.7 Å². The van der Waals surface area contributed by atoms with Gasteiger partial charge >= 0.3 is 5.97 Å². The Morgan fingerprint density at radius 3 is 1.89 bits per heavy atom. The largest absolute Gasteiger partial charge is 0.469 e. The normalized spacial score (nSPS) is 19.8. The topological polar surface area (TPSA) is 48.1 Å². The average molecular weight is 276 g/mol. The molecule has 19 heavy (non-hydrogen) atoms. The fourth-order valence-corrected chi connectivity index (χ4v) is 1.46. The summed E-state index contributed by atoms with van der Waals surface area (Å²) in [7, 11) is 1.35. The van der Waals surface area contributed by atoms with Gasteiger partial charge in [0.2, 0.25) is 0 Å². The van der Waals surface area contributed by atoms with Crippen LogP contribution in [0.25, 0.3) is 0 Å². The molecule has 0 spiro atoms. The summed E-state index contributed by atoms with van der Waals surface area (Å²) in [6, 6.07) is 0. The van der Waals surface area contributed by atoms with E-state index in [1.54, 1.807) is 0 Å². The van der Waals surface area contributed by atoms with E-state index in [4.69, 9.17) is 9.47 Å². The maximum atomic E-state index is 9.59. The van der Waals surface area contributed by atoms with Gasteiger partial charge in [0.25, 0.3) is 0 Å². The van der Waals surface area contributed by atoms with Gasteiger partial charge in [-0.15, -0.1) is 0 Å². The molecule has 2 aliphatic rings. The molecule has 0 aromatic heterocycles. The summed E-state index contributed by atoms with van der Waals surface area (Å²) in [4.78, 5) is 9.59. The summed E-state index contributed by atoms with van der Waals surface area (Å²) in [5.74, 6) is -0.245. The van der Waals surface area contributed by atoms with Crippen LogP contribution in [0.1, 0.15) is 60.3 Å². The monoisotopic (exact) mass is 276 g/mol. The van der Waals surface area contributed by atoms with E-state index in [9.17, 15) is 4.79 Å². The van der Waals surface area contributed by atoms with E-state index >= 15 is 0 Å². The summed E-state index contributed by atoms with van der Waals surface area (Å²) in [5, 5.41) is 0. The summed E-state index contributed by atoms with van der Waals surface area (Å²) < 4.78 is 14.8. The molecule has 4 heteroatoms. The molecule has 1 saturated heterocycles. The van der Waals surface area contributed by atoms with Gasteiger partial charge in [0.1, 0.15) is 6.10 Å². The van der Waals surface area contributed by atoms with E-state index in [2.05, 4.69) is 4.74 Å². The zero-order chi connectivity index (χ0) is 15.1. The van der Waals surface area contributed by atoms with Crippen molar-refractivity contribution in [3.05, 3.63) is 0 Å². The minimum Gasteiger partial charge on any atom is -0.469 e. The van der Waals surface area contributed by atoms with Crippen LogP contribution in [0.15, 0.2) is 0 Å². The SMILES string of the molecule is C1CCC(OCC2CO2)C1.CC.CC.COC(C)=O. The average Bonchev–Trinajstić information content (AvgIpc) is 3.16. The second-order valence-electron chi connectivity index (χ2n) is 3.89. The maximum absolute atomic E-state index is 9.59. The van der Waals surface area contributed by atoms with Crippen molar-refractivity contribution in [2.75, 3.05) is 20.3 Å². The number of carbonyl (C=O) groups is 1. The number of carbonyl (C=O) groups excluding carboxylic acids is 1. The molecule has 1 unspecified atom stereocenters. The molecular formula is C15H32O4. The Morgan fingerprint density at radius 2 is 1.58 bits per heavy atom. The van der Waals surface area contributed by atoms with Crippen molar-refractivity contribution in [3.63, 3.8) is 0 Å². The molecule has 0 aromatic carbocycles. The Balaban J connectivity index is 0. The number of methoxy groups -OCH3 is 1. The van der Waals surface area contributed by atoms with Crippen LogP contribution in [0.4, 0.5) is 0 Å². The van der Waals surface area contributed by atoms with Crippen molar-refractivity contribution in [1.29, 1.82) is 0 Å². The Kier molecular flexibility index (Phi) is 16.8. The summed E-state index contributed by atoms with van der Waals surface area (Å²) >= 11 is 0. The molecule has 1 aliphatic heterocycles. The molecule has 116 valence electrons. The van der Waals surface area contributed by atoms with E-state index in [1.165, 1.54) is 39.7 Å². The van der Waals surface area contributed by atoms with E-state index in [0.717, 1.165) is 13.2 Å². The number of hydrogen-bond acceptors (Lipinski definition) is 4. The lowest BCUT2D eigenvalue weighted by Gasteiger charge is -2.08. The highest BCUT2D eigenvalue weighted by Gasteiger charge is 2.25. The van der Waals surface area contributed by atoms with Gasteiger partial charge in [-0.3, -0.25) is 4.79 Å². The van der Waals surface area contributed by atoms with Gasteiger partial charge in [0, 0.05) is 6.92 Å². The highest BCUT2D eigenvalue weighted by Crippen LogP contribution is 2.22. The third-order valence-electron chi connectivity index (χ3n) is 2.51.